The van der Waals surface area contributed by atoms with Gasteiger partial charge in [0.05, 0.1) is 12.0 Å². The van der Waals surface area contributed by atoms with Crippen LogP contribution in [0.3, 0.4) is 0 Å². The maximum absolute atomic E-state index is 12.6. The predicted octanol–water partition coefficient (Wildman–Crippen LogP) is 2.03. The lowest BCUT2D eigenvalue weighted by molar-refractivity contribution is -0.139. The quantitative estimate of drug-likeness (QED) is 0.720. The maximum Gasteiger partial charge on any atom is 0.305 e. The van der Waals surface area contributed by atoms with E-state index in [0.29, 0.717) is 43.2 Å². The standard InChI is InChI=1S/C19H24N2O5/c1-12-10-15(12)18(25)20-14-4-2-13(3-5-14)17(24)21-19(11-16(22)23)6-8-26-9-7-19/h2-5,12,15H,6-11H2,1H3,(H,20,25)(H,21,24)(H,22,23). The first-order valence-electron chi connectivity index (χ1n) is 8.91. The van der Waals surface area contributed by atoms with E-state index in [1.165, 1.54) is 0 Å². The van der Waals surface area contributed by atoms with Gasteiger partial charge in [-0.15, -0.1) is 0 Å². The lowest BCUT2D eigenvalue weighted by atomic mass is 9.86. The Bertz CT molecular complexity index is 694. The van der Waals surface area contributed by atoms with Crippen molar-refractivity contribution in [2.45, 2.75) is 38.1 Å². The lowest BCUT2D eigenvalue weighted by Crippen LogP contribution is -2.53. The van der Waals surface area contributed by atoms with E-state index in [2.05, 4.69) is 10.6 Å². The van der Waals surface area contributed by atoms with Gasteiger partial charge in [-0.1, -0.05) is 6.92 Å². The number of ether oxygens (including phenoxy) is 1. The molecule has 1 saturated heterocycles. The molecule has 1 aromatic carbocycles. The van der Waals surface area contributed by atoms with Gasteiger partial charge >= 0.3 is 5.97 Å². The first-order valence-corrected chi connectivity index (χ1v) is 8.91. The van der Waals surface area contributed by atoms with E-state index in [-0.39, 0.29) is 24.2 Å². The van der Waals surface area contributed by atoms with E-state index in [1.54, 1.807) is 24.3 Å². The van der Waals surface area contributed by atoms with Crippen molar-refractivity contribution in [1.82, 2.24) is 5.32 Å². The van der Waals surface area contributed by atoms with Gasteiger partial charge in [-0.25, -0.2) is 0 Å². The summed E-state index contributed by atoms with van der Waals surface area (Å²) in [6.45, 7) is 2.90. The fourth-order valence-electron chi connectivity index (χ4n) is 3.34. The predicted molar refractivity (Wildman–Crippen MR) is 94.8 cm³/mol. The molecule has 7 heteroatoms. The molecular weight excluding hydrogens is 336 g/mol. The normalized spacial score (nSPS) is 23.7. The molecule has 26 heavy (non-hydrogen) atoms. The van der Waals surface area contributed by atoms with Crippen LogP contribution in [0.2, 0.25) is 0 Å². The number of carbonyl (C=O) groups is 3. The summed E-state index contributed by atoms with van der Waals surface area (Å²) in [7, 11) is 0. The minimum atomic E-state index is -0.945. The second-order valence-corrected chi connectivity index (χ2v) is 7.30. The van der Waals surface area contributed by atoms with Crippen molar-refractivity contribution in [3.8, 4) is 0 Å². The van der Waals surface area contributed by atoms with Gasteiger partial charge in [0.25, 0.3) is 5.91 Å². The topological polar surface area (TPSA) is 105 Å². The van der Waals surface area contributed by atoms with Crippen molar-refractivity contribution in [3.63, 3.8) is 0 Å². The molecule has 3 N–H and O–H groups in total. The fraction of sp³-hybridized carbons (Fsp3) is 0.526. The molecule has 0 aromatic heterocycles. The Balaban J connectivity index is 1.63. The van der Waals surface area contributed by atoms with E-state index < -0.39 is 11.5 Å². The molecule has 0 bridgehead atoms. The van der Waals surface area contributed by atoms with Crippen LogP contribution in [0.15, 0.2) is 24.3 Å². The molecule has 0 spiro atoms. The number of hydrogen-bond acceptors (Lipinski definition) is 4. The van der Waals surface area contributed by atoms with Crippen LogP contribution >= 0.6 is 0 Å². The van der Waals surface area contributed by atoms with Crippen LogP contribution in [0.1, 0.15) is 43.0 Å². The zero-order valence-corrected chi connectivity index (χ0v) is 14.8. The van der Waals surface area contributed by atoms with E-state index in [1.807, 2.05) is 6.92 Å². The second kappa shape index (κ2) is 7.45. The highest BCUT2D eigenvalue weighted by Gasteiger charge is 2.39. The molecule has 0 radical (unpaired) electrons. The molecular formula is C19H24N2O5. The monoisotopic (exact) mass is 360 g/mol. The van der Waals surface area contributed by atoms with Crippen molar-refractivity contribution >= 4 is 23.5 Å². The maximum atomic E-state index is 12.6. The smallest absolute Gasteiger partial charge is 0.305 e. The number of rotatable bonds is 6. The van der Waals surface area contributed by atoms with Crippen molar-refractivity contribution in [1.29, 1.82) is 0 Å². The third kappa shape index (κ3) is 4.40. The molecule has 2 amide bonds. The zero-order valence-electron chi connectivity index (χ0n) is 14.8. The van der Waals surface area contributed by atoms with Gasteiger partial charge in [0.2, 0.25) is 5.91 Å². The molecule has 1 aliphatic carbocycles. The van der Waals surface area contributed by atoms with Crippen LogP contribution < -0.4 is 10.6 Å². The Morgan fingerprint density at radius 1 is 1.19 bits per heavy atom. The molecule has 2 aliphatic rings. The van der Waals surface area contributed by atoms with Crippen molar-refractivity contribution in [2.24, 2.45) is 11.8 Å². The molecule has 1 aromatic rings. The Morgan fingerprint density at radius 3 is 2.35 bits per heavy atom. The van der Waals surface area contributed by atoms with Crippen LogP contribution in [0.25, 0.3) is 0 Å². The number of nitrogens with one attached hydrogen (secondary N) is 2. The molecule has 2 fully saturated rings. The fourth-order valence-corrected chi connectivity index (χ4v) is 3.34. The summed E-state index contributed by atoms with van der Waals surface area (Å²) in [6.07, 6.45) is 1.73. The van der Waals surface area contributed by atoms with Crippen LogP contribution in [0.4, 0.5) is 5.69 Å². The van der Waals surface area contributed by atoms with Gasteiger partial charge in [-0.2, -0.15) is 0 Å². The number of carboxylic acid groups (broad SMARTS) is 1. The van der Waals surface area contributed by atoms with Crippen LogP contribution in [0.5, 0.6) is 0 Å². The number of amides is 2. The van der Waals surface area contributed by atoms with Crippen molar-refractivity contribution < 1.29 is 24.2 Å². The SMILES string of the molecule is CC1CC1C(=O)Nc1ccc(C(=O)NC2(CC(=O)O)CCOCC2)cc1. The summed E-state index contributed by atoms with van der Waals surface area (Å²) >= 11 is 0. The number of anilines is 1. The second-order valence-electron chi connectivity index (χ2n) is 7.30. The minimum absolute atomic E-state index is 0.0114. The highest BCUT2D eigenvalue weighted by atomic mass is 16.5. The summed E-state index contributed by atoms with van der Waals surface area (Å²) < 4.78 is 5.29. The first kappa shape index (κ1) is 18.4. The summed E-state index contributed by atoms with van der Waals surface area (Å²) in [5.41, 5.74) is 0.298. The van der Waals surface area contributed by atoms with E-state index >= 15 is 0 Å². The molecule has 2 unspecified atom stereocenters. The van der Waals surface area contributed by atoms with Gasteiger partial charge in [0, 0.05) is 30.4 Å². The largest absolute Gasteiger partial charge is 0.481 e. The van der Waals surface area contributed by atoms with Crippen molar-refractivity contribution in [3.05, 3.63) is 29.8 Å². The van der Waals surface area contributed by atoms with Gasteiger partial charge in [-0.05, 0) is 49.4 Å². The summed E-state index contributed by atoms with van der Waals surface area (Å²) in [4.78, 5) is 35.7. The highest BCUT2D eigenvalue weighted by Crippen LogP contribution is 2.38. The lowest BCUT2D eigenvalue weighted by Gasteiger charge is -2.36. The molecule has 3 rings (SSSR count). The third-order valence-electron chi connectivity index (χ3n) is 5.18. The Labute approximate surface area is 152 Å². The Hall–Kier alpha value is -2.41. The summed E-state index contributed by atoms with van der Waals surface area (Å²) in [5, 5.41) is 14.9. The van der Waals surface area contributed by atoms with Gasteiger partial charge < -0.3 is 20.5 Å². The average molecular weight is 360 g/mol. The third-order valence-corrected chi connectivity index (χ3v) is 5.18. The van der Waals surface area contributed by atoms with Crippen LogP contribution in [0, 0.1) is 11.8 Å². The Kier molecular flexibility index (Phi) is 5.27. The van der Waals surface area contributed by atoms with Crippen LogP contribution in [-0.2, 0) is 14.3 Å². The number of carbonyl (C=O) groups excluding carboxylic acids is 2. The average Bonchev–Trinajstić information content (AvgIpc) is 3.32. The van der Waals surface area contributed by atoms with E-state index in [0.717, 1.165) is 6.42 Å². The molecule has 140 valence electrons. The number of carboxylic acids is 1. The molecule has 1 aliphatic heterocycles. The van der Waals surface area contributed by atoms with Crippen LogP contribution in [-0.4, -0.2) is 41.6 Å². The van der Waals surface area contributed by atoms with Gasteiger partial charge in [0.1, 0.15) is 0 Å². The zero-order chi connectivity index (χ0) is 18.7. The molecule has 2 atom stereocenters. The number of aliphatic carboxylic acids is 1. The molecule has 1 heterocycles. The Morgan fingerprint density at radius 2 is 1.81 bits per heavy atom. The number of benzene rings is 1. The van der Waals surface area contributed by atoms with Gasteiger partial charge in [0.15, 0.2) is 0 Å². The molecule has 1 saturated carbocycles. The van der Waals surface area contributed by atoms with E-state index in [9.17, 15) is 19.5 Å². The summed E-state index contributed by atoms with van der Waals surface area (Å²) in [6, 6.07) is 6.64. The molecule has 7 nitrogen and oxygen atoms in total. The highest BCUT2D eigenvalue weighted by molar-refractivity contribution is 5.97. The van der Waals surface area contributed by atoms with Gasteiger partial charge in [-0.3, -0.25) is 14.4 Å². The number of hydrogen-bond donors (Lipinski definition) is 3. The minimum Gasteiger partial charge on any atom is -0.481 e. The van der Waals surface area contributed by atoms with E-state index in [4.69, 9.17) is 4.74 Å². The first-order chi connectivity index (χ1) is 12.4. The summed E-state index contributed by atoms with van der Waals surface area (Å²) in [5.74, 6) is -0.731. The van der Waals surface area contributed by atoms with Crippen molar-refractivity contribution in [2.75, 3.05) is 18.5 Å².